The molecule has 1 aromatic heterocycles. The highest BCUT2D eigenvalue weighted by Crippen LogP contribution is 2.25. The molecule has 0 spiro atoms. The predicted molar refractivity (Wildman–Crippen MR) is 98.8 cm³/mol. The normalized spacial score (nSPS) is 17.3. The number of hydrogen-bond acceptors (Lipinski definition) is 6. The summed E-state index contributed by atoms with van der Waals surface area (Å²) in [5, 5.41) is 0.599. The number of carbonyl (C=O) groups excluding carboxylic acids is 1. The number of hydrogen-bond donors (Lipinski definition) is 0. The maximum atomic E-state index is 12.1. The maximum Gasteiger partial charge on any atom is 0.248 e. The second-order valence-corrected chi connectivity index (χ2v) is 6.53. The summed E-state index contributed by atoms with van der Waals surface area (Å²) in [6.07, 6.45) is 1.47. The Hall–Kier alpha value is -2.38. The Kier molecular flexibility index (Phi) is 5.90. The molecule has 1 saturated heterocycles. The molecule has 0 aliphatic carbocycles. The SMILES string of the molecule is COCC(=O)N1CCN(c2cc(Oc3cccc(Cl)c3)ncn2)CC1C. The number of amides is 1. The van der Waals surface area contributed by atoms with Crippen LogP contribution in [0.4, 0.5) is 5.82 Å². The molecule has 1 aliphatic rings. The number of methoxy groups -OCH3 is 1. The van der Waals surface area contributed by atoms with Crippen LogP contribution in [0.1, 0.15) is 6.92 Å². The van der Waals surface area contributed by atoms with Gasteiger partial charge in [-0.05, 0) is 25.1 Å². The lowest BCUT2D eigenvalue weighted by molar-refractivity contribution is -0.137. The highest BCUT2D eigenvalue weighted by molar-refractivity contribution is 6.30. The topological polar surface area (TPSA) is 67.8 Å². The van der Waals surface area contributed by atoms with E-state index in [-0.39, 0.29) is 18.6 Å². The van der Waals surface area contributed by atoms with Crippen LogP contribution in [0, 0.1) is 0 Å². The highest BCUT2D eigenvalue weighted by Gasteiger charge is 2.28. The Morgan fingerprint density at radius 1 is 1.31 bits per heavy atom. The first-order chi connectivity index (χ1) is 12.6. The van der Waals surface area contributed by atoms with Crippen LogP contribution >= 0.6 is 11.6 Å². The molecule has 1 atom stereocenters. The standard InChI is InChI=1S/C18H21ClN4O3/c1-13-10-22(6-7-23(13)18(24)11-25-2)16-9-17(21-12-20-16)26-15-5-3-4-14(19)8-15/h3-5,8-9,12-13H,6-7,10-11H2,1-2H3. The number of rotatable bonds is 5. The summed E-state index contributed by atoms with van der Waals surface area (Å²) < 4.78 is 10.7. The van der Waals surface area contributed by atoms with Gasteiger partial charge in [-0.15, -0.1) is 0 Å². The smallest absolute Gasteiger partial charge is 0.248 e. The Balaban J connectivity index is 1.68. The molecular weight excluding hydrogens is 356 g/mol. The van der Waals surface area contributed by atoms with Gasteiger partial charge < -0.3 is 19.3 Å². The Morgan fingerprint density at radius 3 is 2.88 bits per heavy atom. The molecule has 7 nitrogen and oxygen atoms in total. The van der Waals surface area contributed by atoms with Gasteiger partial charge in [0.25, 0.3) is 0 Å². The van der Waals surface area contributed by atoms with E-state index in [0.717, 1.165) is 5.82 Å². The van der Waals surface area contributed by atoms with Crippen LogP contribution in [0.5, 0.6) is 11.6 Å². The molecule has 138 valence electrons. The van der Waals surface area contributed by atoms with Gasteiger partial charge in [0, 0.05) is 43.9 Å². The highest BCUT2D eigenvalue weighted by atomic mass is 35.5. The minimum atomic E-state index is 0.00677. The van der Waals surface area contributed by atoms with Gasteiger partial charge in [-0.3, -0.25) is 4.79 Å². The summed E-state index contributed by atoms with van der Waals surface area (Å²) in [6.45, 7) is 4.12. The number of anilines is 1. The first-order valence-corrected chi connectivity index (χ1v) is 8.73. The zero-order chi connectivity index (χ0) is 18.5. The summed E-state index contributed by atoms with van der Waals surface area (Å²) in [5.41, 5.74) is 0. The summed E-state index contributed by atoms with van der Waals surface area (Å²) in [5.74, 6) is 1.84. The first-order valence-electron chi connectivity index (χ1n) is 8.35. The molecule has 2 heterocycles. The number of carbonyl (C=O) groups is 1. The van der Waals surface area contributed by atoms with Gasteiger partial charge >= 0.3 is 0 Å². The zero-order valence-corrected chi connectivity index (χ0v) is 15.5. The third-order valence-corrected chi connectivity index (χ3v) is 4.42. The molecular formula is C18H21ClN4O3. The van der Waals surface area contributed by atoms with Crippen LogP contribution in [0.25, 0.3) is 0 Å². The molecule has 1 unspecified atom stereocenters. The predicted octanol–water partition coefficient (Wildman–Crippen LogP) is 2.61. The van der Waals surface area contributed by atoms with Gasteiger partial charge in [0.2, 0.25) is 11.8 Å². The molecule has 8 heteroatoms. The van der Waals surface area contributed by atoms with E-state index in [1.165, 1.54) is 13.4 Å². The Bertz CT molecular complexity index is 774. The third kappa shape index (κ3) is 4.42. The lowest BCUT2D eigenvalue weighted by Crippen LogP contribution is -2.55. The summed E-state index contributed by atoms with van der Waals surface area (Å²) >= 11 is 5.98. The molecule has 1 fully saturated rings. The maximum absolute atomic E-state index is 12.1. The molecule has 0 saturated carbocycles. The van der Waals surface area contributed by atoms with E-state index in [4.69, 9.17) is 21.1 Å². The number of halogens is 1. The van der Waals surface area contributed by atoms with E-state index in [9.17, 15) is 4.79 Å². The molecule has 1 aliphatic heterocycles. The van der Waals surface area contributed by atoms with Crippen molar-refractivity contribution in [2.45, 2.75) is 13.0 Å². The van der Waals surface area contributed by atoms with E-state index >= 15 is 0 Å². The lowest BCUT2D eigenvalue weighted by atomic mass is 10.2. The molecule has 0 radical (unpaired) electrons. The van der Waals surface area contributed by atoms with Gasteiger partial charge in [-0.25, -0.2) is 9.97 Å². The number of piperazine rings is 1. The van der Waals surface area contributed by atoms with Gasteiger partial charge in [0.05, 0.1) is 0 Å². The molecule has 1 aromatic carbocycles. The van der Waals surface area contributed by atoms with Crippen LogP contribution in [0.15, 0.2) is 36.7 Å². The second-order valence-electron chi connectivity index (χ2n) is 6.09. The van der Waals surface area contributed by atoms with Gasteiger partial charge in [0.15, 0.2) is 0 Å². The van der Waals surface area contributed by atoms with Gasteiger partial charge in [-0.2, -0.15) is 0 Å². The first kappa shape index (κ1) is 18.4. The number of ether oxygens (including phenoxy) is 2. The summed E-state index contributed by atoms with van der Waals surface area (Å²) in [7, 11) is 1.53. The number of aromatic nitrogens is 2. The number of nitrogens with zero attached hydrogens (tertiary/aromatic N) is 4. The van der Waals surface area contributed by atoms with E-state index in [1.807, 2.05) is 24.0 Å². The van der Waals surface area contributed by atoms with Crippen molar-refractivity contribution in [2.24, 2.45) is 0 Å². The molecule has 2 aromatic rings. The Morgan fingerprint density at radius 2 is 2.15 bits per heavy atom. The van der Waals surface area contributed by atoms with Crippen molar-refractivity contribution >= 4 is 23.3 Å². The van der Waals surface area contributed by atoms with E-state index in [0.29, 0.717) is 36.3 Å². The molecule has 3 rings (SSSR count). The quantitative estimate of drug-likeness (QED) is 0.799. The van der Waals surface area contributed by atoms with Crippen molar-refractivity contribution in [1.82, 2.24) is 14.9 Å². The van der Waals surface area contributed by atoms with Crippen molar-refractivity contribution in [3.05, 3.63) is 41.7 Å². The summed E-state index contributed by atoms with van der Waals surface area (Å²) in [6, 6.07) is 9.00. The van der Waals surface area contributed by atoms with Crippen molar-refractivity contribution in [2.75, 3.05) is 38.3 Å². The minimum absolute atomic E-state index is 0.00677. The van der Waals surface area contributed by atoms with Crippen molar-refractivity contribution in [1.29, 1.82) is 0 Å². The fourth-order valence-electron chi connectivity index (χ4n) is 2.95. The average molecular weight is 377 g/mol. The average Bonchev–Trinajstić information content (AvgIpc) is 2.62. The van der Waals surface area contributed by atoms with Crippen molar-refractivity contribution in [3.8, 4) is 11.6 Å². The van der Waals surface area contributed by atoms with Crippen LogP contribution < -0.4 is 9.64 Å². The number of benzene rings is 1. The Labute approximate surface area is 157 Å². The van der Waals surface area contributed by atoms with Gasteiger partial charge in [-0.1, -0.05) is 17.7 Å². The van der Waals surface area contributed by atoms with E-state index in [2.05, 4.69) is 14.9 Å². The molecule has 1 amide bonds. The van der Waals surface area contributed by atoms with Crippen molar-refractivity contribution in [3.63, 3.8) is 0 Å². The van der Waals surface area contributed by atoms with Crippen LogP contribution in [0.2, 0.25) is 5.02 Å². The fourth-order valence-corrected chi connectivity index (χ4v) is 3.13. The second kappa shape index (κ2) is 8.33. The molecule has 0 N–H and O–H groups in total. The van der Waals surface area contributed by atoms with Crippen LogP contribution in [-0.2, 0) is 9.53 Å². The fraction of sp³-hybridized carbons (Fsp3) is 0.389. The van der Waals surface area contributed by atoms with Crippen molar-refractivity contribution < 1.29 is 14.3 Å². The largest absolute Gasteiger partial charge is 0.439 e. The molecule has 0 bridgehead atoms. The molecule has 26 heavy (non-hydrogen) atoms. The van der Waals surface area contributed by atoms with Crippen LogP contribution in [0.3, 0.4) is 0 Å². The van der Waals surface area contributed by atoms with E-state index < -0.39 is 0 Å². The van der Waals surface area contributed by atoms with Crippen LogP contribution in [-0.4, -0.2) is 60.2 Å². The van der Waals surface area contributed by atoms with E-state index in [1.54, 1.807) is 18.2 Å². The third-order valence-electron chi connectivity index (χ3n) is 4.19. The minimum Gasteiger partial charge on any atom is -0.439 e. The van der Waals surface area contributed by atoms with Gasteiger partial charge in [0.1, 0.15) is 24.5 Å². The summed E-state index contributed by atoms with van der Waals surface area (Å²) in [4.78, 5) is 24.5. The lowest BCUT2D eigenvalue weighted by Gasteiger charge is -2.40. The monoisotopic (exact) mass is 376 g/mol. The zero-order valence-electron chi connectivity index (χ0n) is 14.8.